The van der Waals surface area contributed by atoms with E-state index in [9.17, 15) is 9.50 Å². The SMILES string of the molecule is COc1c(F)ccc(-c2cnoc2N)c1O. The lowest BCUT2D eigenvalue weighted by atomic mass is 10.1. The second-order valence-corrected chi connectivity index (χ2v) is 3.08. The smallest absolute Gasteiger partial charge is 0.230 e. The van der Waals surface area contributed by atoms with E-state index < -0.39 is 5.82 Å². The number of hydrogen-bond acceptors (Lipinski definition) is 5. The fourth-order valence-corrected chi connectivity index (χ4v) is 1.41. The summed E-state index contributed by atoms with van der Waals surface area (Å²) in [6, 6.07) is 2.54. The molecule has 0 spiro atoms. The second-order valence-electron chi connectivity index (χ2n) is 3.08. The van der Waals surface area contributed by atoms with Crippen LogP contribution in [-0.2, 0) is 0 Å². The largest absolute Gasteiger partial charge is 0.504 e. The van der Waals surface area contributed by atoms with Gasteiger partial charge in [0, 0.05) is 5.56 Å². The Morgan fingerprint density at radius 1 is 1.44 bits per heavy atom. The molecule has 2 rings (SSSR count). The molecule has 0 unspecified atom stereocenters. The van der Waals surface area contributed by atoms with E-state index in [1.807, 2.05) is 0 Å². The Hall–Kier alpha value is -2.24. The van der Waals surface area contributed by atoms with Crippen molar-refractivity contribution in [1.29, 1.82) is 0 Å². The van der Waals surface area contributed by atoms with Gasteiger partial charge in [0.2, 0.25) is 5.88 Å². The number of halogens is 1. The third-order valence-electron chi connectivity index (χ3n) is 2.18. The van der Waals surface area contributed by atoms with Gasteiger partial charge in [-0.2, -0.15) is 0 Å². The van der Waals surface area contributed by atoms with Crippen LogP contribution >= 0.6 is 0 Å². The van der Waals surface area contributed by atoms with Crippen LogP contribution in [0.5, 0.6) is 11.5 Å². The van der Waals surface area contributed by atoms with Crippen molar-refractivity contribution in [2.24, 2.45) is 0 Å². The second kappa shape index (κ2) is 3.73. The molecule has 0 aliphatic heterocycles. The van der Waals surface area contributed by atoms with Crippen LogP contribution < -0.4 is 10.5 Å². The molecule has 0 amide bonds. The van der Waals surface area contributed by atoms with Crippen molar-refractivity contribution in [2.45, 2.75) is 0 Å². The van der Waals surface area contributed by atoms with Gasteiger partial charge in [-0.3, -0.25) is 0 Å². The number of methoxy groups -OCH3 is 1. The molecule has 0 aliphatic carbocycles. The van der Waals surface area contributed by atoms with Gasteiger partial charge in [-0.1, -0.05) is 5.16 Å². The van der Waals surface area contributed by atoms with E-state index >= 15 is 0 Å². The number of nitrogens with zero attached hydrogens (tertiary/aromatic N) is 1. The van der Waals surface area contributed by atoms with Crippen molar-refractivity contribution in [3.8, 4) is 22.6 Å². The highest BCUT2D eigenvalue weighted by atomic mass is 19.1. The number of anilines is 1. The Morgan fingerprint density at radius 3 is 2.75 bits per heavy atom. The van der Waals surface area contributed by atoms with Crippen LogP contribution in [0.2, 0.25) is 0 Å². The molecule has 0 atom stereocenters. The normalized spacial score (nSPS) is 10.4. The van der Waals surface area contributed by atoms with Crippen LogP contribution in [0, 0.1) is 5.82 Å². The van der Waals surface area contributed by atoms with Crippen LogP contribution in [0.1, 0.15) is 0 Å². The molecule has 1 aromatic carbocycles. The average Bonchev–Trinajstić information content (AvgIpc) is 2.66. The number of hydrogen-bond donors (Lipinski definition) is 2. The first-order valence-corrected chi connectivity index (χ1v) is 4.41. The van der Waals surface area contributed by atoms with Crippen molar-refractivity contribution in [3.63, 3.8) is 0 Å². The van der Waals surface area contributed by atoms with Crippen molar-refractivity contribution in [2.75, 3.05) is 12.8 Å². The number of phenolic OH excluding ortho intramolecular Hbond substituents is 1. The number of rotatable bonds is 2. The maximum atomic E-state index is 13.2. The highest BCUT2D eigenvalue weighted by molar-refractivity contribution is 5.79. The number of ether oxygens (including phenoxy) is 1. The first-order valence-electron chi connectivity index (χ1n) is 4.41. The summed E-state index contributed by atoms with van der Waals surface area (Å²) in [4.78, 5) is 0. The Balaban J connectivity index is 2.63. The summed E-state index contributed by atoms with van der Waals surface area (Å²) in [5.41, 5.74) is 6.18. The van der Waals surface area contributed by atoms with Gasteiger partial charge in [-0.15, -0.1) is 0 Å². The van der Waals surface area contributed by atoms with Gasteiger partial charge in [0.15, 0.2) is 17.3 Å². The summed E-state index contributed by atoms with van der Waals surface area (Å²) in [6.45, 7) is 0. The summed E-state index contributed by atoms with van der Waals surface area (Å²) in [5, 5.41) is 13.2. The van der Waals surface area contributed by atoms with Crippen molar-refractivity contribution < 1.29 is 18.8 Å². The zero-order chi connectivity index (χ0) is 11.7. The topological polar surface area (TPSA) is 81.5 Å². The molecule has 0 radical (unpaired) electrons. The van der Waals surface area contributed by atoms with Crippen LogP contribution in [0.4, 0.5) is 10.3 Å². The van der Waals surface area contributed by atoms with E-state index in [0.29, 0.717) is 11.1 Å². The molecule has 5 nitrogen and oxygen atoms in total. The predicted molar refractivity (Wildman–Crippen MR) is 54.5 cm³/mol. The minimum atomic E-state index is -0.654. The highest BCUT2D eigenvalue weighted by Gasteiger charge is 2.17. The molecule has 84 valence electrons. The maximum Gasteiger partial charge on any atom is 0.230 e. The Bertz CT molecular complexity index is 525. The predicted octanol–water partition coefficient (Wildman–Crippen LogP) is 1.78. The summed E-state index contributed by atoms with van der Waals surface area (Å²) in [7, 11) is 1.26. The molecule has 0 saturated carbocycles. The minimum absolute atomic E-state index is 0.0453. The first-order chi connectivity index (χ1) is 7.65. The van der Waals surface area contributed by atoms with Crippen LogP contribution in [0.3, 0.4) is 0 Å². The van der Waals surface area contributed by atoms with Crippen LogP contribution in [-0.4, -0.2) is 17.4 Å². The molecule has 1 heterocycles. The fourth-order valence-electron chi connectivity index (χ4n) is 1.41. The van der Waals surface area contributed by atoms with E-state index in [4.69, 9.17) is 10.5 Å². The lowest BCUT2D eigenvalue weighted by Crippen LogP contribution is -1.91. The molecule has 1 aromatic heterocycles. The molecule has 16 heavy (non-hydrogen) atoms. The third-order valence-corrected chi connectivity index (χ3v) is 2.18. The fraction of sp³-hybridized carbons (Fsp3) is 0.100. The number of benzene rings is 1. The van der Waals surface area contributed by atoms with E-state index in [1.54, 1.807) is 0 Å². The lowest BCUT2D eigenvalue weighted by molar-refractivity contribution is 0.352. The summed E-state index contributed by atoms with van der Waals surface area (Å²) in [6.07, 6.45) is 1.34. The molecule has 0 saturated heterocycles. The minimum Gasteiger partial charge on any atom is -0.504 e. The van der Waals surface area contributed by atoms with Gasteiger partial charge in [0.1, 0.15) is 0 Å². The van der Waals surface area contributed by atoms with Crippen LogP contribution in [0.25, 0.3) is 11.1 Å². The monoisotopic (exact) mass is 224 g/mol. The number of nitrogen functional groups attached to an aromatic ring is 1. The first kappa shape index (κ1) is 10.3. The molecule has 3 N–H and O–H groups in total. The molecule has 2 aromatic rings. The van der Waals surface area contributed by atoms with Gasteiger partial charge >= 0.3 is 0 Å². The Kier molecular flexibility index (Phi) is 2.40. The summed E-state index contributed by atoms with van der Waals surface area (Å²) < 4.78 is 22.6. The van der Waals surface area contributed by atoms with E-state index in [0.717, 1.165) is 0 Å². The van der Waals surface area contributed by atoms with Gasteiger partial charge in [0.05, 0.1) is 18.9 Å². The van der Waals surface area contributed by atoms with Gasteiger partial charge in [-0.05, 0) is 12.1 Å². The van der Waals surface area contributed by atoms with E-state index in [-0.39, 0.29) is 17.4 Å². The van der Waals surface area contributed by atoms with Gasteiger partial charge in [-0.25, -0.2) is 4.39 Å². The molecular formula is C10H9FN2O3. The van der Waals surface area contributed by atoms with Crippen molar-refractivity contribution >= 4 is 5.88 Å². The van der Waals surface area contributed by atoms with E-state index in [1.165, 1.54) is 25.4 Å². The average molecular weight is 224 g/mol. The zero-order valence-electron chi connectivity index (χ0n) is 8.40. The number of aromatic nitrogens is 1. The standard InChI is InChI=1S/C10H9FN2O3/c1-15-9-7(11)3-2-5(8(9)14)6-4-13-16-10(6)12/h2-4,14H,12H2,1H3. The summed E-state index contributed by atoms with van der Waals surface area (Å²) in [5.74, 6) is -1.18. The summed E-state index contributed by atoms with van der Waals surface area (Å²) >= 11 is 0. The Labute approximate surface area is 90.2 Å². The number of phenols is 1. The quantitative estimate of drug-likeness (QED) is 0.812. The number of aromatic hydroxyl groups is 1. The molecule has 0 bridgehead atoms. The Morgan fingerprint density at radius 2 is 2.19 bits per heavy atom. The van der Waals surface area contributed by atoms with Gasteiger partial charge < -0.3 is 20.1 Å². The highest BCUT2D eigenvalue weighted by Crippen LogP contribution is 2.40. The van der Waals surface area contributed by atoms with Crippen LogP contribution in [0.15, 0.2) is 22.9 Å². The number of nitrogens with two attached hydrogens (primary N) is 1. The van der Waals surface area contributed by atoms with Gasteiger partial charge in [0.25, 0.3) is 0 Å². The lowest BCUT2D eigenvalue weighted by Gasteiger charge is -2.08. The molecule has 6 heteroatoms. The zero-order valence-corrected chi connectivity index (χ0v) is 8.40. The van der Waals surface area contributed by atoms with Crippen molar-refractivity contribution in [3.05, 3.63) is 24.1 Å². The molecule has 0 aliphatic rings. The third kappa shape index (κ3) is 1.44. The van der Waals surface area contributed by atoms with Crippen molar-refractivity contribution in [1.82, 2.24) is 5.16 Å². The van der Waals surface area contributed by atoms with E-state index in [2.05, 4.69) is 9.68 Å². The maximum absolute atomic E-state index is 13.2. The molecule has 0 fully saturated rings. The molecular weight excluding hydrogens is 215 g/mol.